The Morgan fingerprint density at radius 3 is 2.17 bits per heavy atom. The molecule has 0 bridgehead atoms. The maximum Gasteiger partial charge on any atom is 0.0909 e. The molecule has 0 aliphatic heterocycles. The lowest BCUT2D eigenvalue weighted by Crippen LogP contribution is -2.47. The van der Waals surface area contributed by atoms with Gasteiger partial charge in [-0.15, -0.1) is 0 Å². The van der Waals surface area contributed by atoms with Crippen LogP contribution in [0.2, 0.25) is 0 Å². The van der Waals surface area contributed by atoms with Gasteiger partial charge in [0.15, 0.2) is 0 Å². The Morgan fingerprint density at radius 2 is 1.56 bits per heavy atom. The fraction of sp³-hybridized carbons (Fsp3) is 1.00. The van der Waals surface area contributed by atoms with Crippen LogP contribution in [0.1, 0.15) is 46.5 Å². The molecular formula is C15H26O3. The maximum absolute atomic E-state index is 10.7. The largest absolute Gasteiger partial charge is 0.393 e. The molecule has 3 aliphatic rings. The SMILES string of the molecule is CC1(C)[C@@H]2[C@@H]3[C@@H](CC[C@@]3(C)O)[C@](O)(CO)CC[C@@H]21. The van der Waals surface area contributed by atoms with Gasteiger partial charge >= 0.3 is 0 Å². The van der Waals surface area contributed by atoms with Gasteiger partial charge in [0.05, 0.1) is 17.8 Å². The van der Waals surface area contributed by atoms with Crippen LogP contribution in [0.3, 0.4) is 0 Å². The maximum atomic E-state index is 10.7. The van der Waals surface area contributed by atoms with Gasteiger partial charge in [-0.25, -0.2) is 0 Å². The van der Waals surface area contributed by atoms with Crippen molar-refractivity contribution in [3.63, 3.8) is 0 Å². The predicted molar refractivity (Wildman–Crippen MR) is 68.9 cm³/mol. The molecule has 0 saturated heterocycles. The van der Waals surface area contributed by atoms with E-state index in [1.54, 1.807) is 0 Å². The van der Waals surface area contributed by atoms with Crippen LogP contribution in [0.25, 0.3) is 0 Å². The average molecular weight is 254 g/mol. The minimum Gasteiger partial charge on any atom is -0.393 e. The molecule has 3 rings (SSSR count). The average Bonchev–Trinajstić information content (AvgIpc) is 2.72. The van der Waals surface area contributed by atoms with E-state index in [-0.39, 0.29) is 18.4 Å². The summed E-state index contributed by atoms with van der Waals surface area (Å²) in [6, 6.07) is 0. The first kappa shape index (κ1) is 12.9. The molecule has 0 aromatic carbocycles. The fourth-order valence-electron chi connectivity index (χ4n) is 5.31. The first-order valence-corrected chi connectivity index (χ1v) is 7.30. The highest BCUT2D eigenvalue weighted by Crippen LogP contribution is 2.71. The van der Waals surface area contributed by atoms with Gasteiger partial charge < -0.3 is 15.3 Å². The van der Waals surface area contributed by atoms with E-state index in [4.69, 9.17) is 0 Å². The van der Waals surface area contributed by atoms with Gasteiger partial charge in [-0.1, -0.05) is 13.8 Å². The minimum atomic E-state index is -0.964. The molecule has 3 aliphatic carbocycles. The van der Waals surface area contributed by atoms with Crippen LogP contribution >= 0.6 is 0 Å². The molecule has 0 unspecified atom stereocenters. The Hall–Kier alpha value is -0.120. The molecule has 3 fully saturated rings. The summed E-state index contributed by atoms with van der Waals surface area (Å²) in [5, 5.41) is 31.0. The molecular weight excluding hydrogens is 228 g/mol. The third kappa shape index (κ3) is 1.47. The van der Waals surface area contributed by atoms with Crippen LogP contribution in [0.5, 0.6) is 0 Å². The van der Waals surface area contributed by atoms with Crippen LogP contribution in [0.4, 0.5) is 0 Å². The number of aliphatic hydroxyl groups is 3. The lowest BCUT2D eigenvalue weighted by atomic mass is 9.72. The van der Waals surface area contributed by atoms with E-state index in [1.165, 1.54) is 0 Å². The molecule has 0 amide bonds. The Morgan fingerprint density at radius 1 is 0.944 bits per heavy atom. The van der Waals surface area contributed by atoms with E-state index in [1.807, 2.05) is 6.92 Å². The zero-order valence-corrected chi connectivity index (χ0v) is 11.7. The molecule has 0 heterocycles. The molecule has 0 aromatic heterocycles. The molecule has 3 heteroatoms. The van der Waals surface area contributed by atoms with Crippen LogP contribution in [-0.2, 0) is 0 Å². The molecule has 3 nitrogen and oxygen atoms in total. The highest BCUT2D eigenvalue weighted by Gasteiger charge is 2.70. The summed E-state index contributed by atoms with van der Waals surface area (Å²) in [5.41, 5.74) is -1.34. The molecule has 3 N–H and O–H groups in total. The summed E-state index contributed by atoms with van der Waals surface area (Å²) in [4.78, 5) is 0. The summed E-state index contributed by atoms with van der Waals surface area (Å²) in [6.45, 7) is 6.34. The smallest absolute Gasteiger partial charge is 0.0909 e. The van der Waals surface area contributed by atoms with Crippen LogP contribution < -0.4 is 0 Å². The molecule has 18 heavy (non-hydrogen) atoms. The number of rotatable bonds is 1. The van der Waals surface area contributed by atoms with Crippen molar-refractivity contribution >= 4 is 0 Å². The van der Waals surface area contributed by atoms with E-state index in [2.05, 4.69) is 13.8 Å². The second-order valence-corrected chi connectivity index (χ2v) is 7.78. The molecule has 0 radical (unpaired) electrons. The summed E-state index contributed by atoms with van der Waals surface area (Å²) in [5.74, 6) is 1.34. The van der Waals surface area contributed by atoms with Gasteiger partial charge in [0.1, 0.15) is 0 Å². The standard InChI is InChI=1S/C15H26O3/c1-13(2)9-5-7-15(18,8-16)10-4-6-14(3,17)12(10)11(9)13/h9-12,16-18H,4-8H2,1-3H3/t9-,10+,11-,12-,14+,15+/m0/s1. The summed E-state index contributed by atoms with van der Waals surface area (Å²) >= 11 is 0. The van der Waals surface area contributed by atoms with Crippen molar-refractivity contribution in [2.24, 2.45) is 29.1 Å². The Bertz CT molecular complexity index is 363. The number of fused-ring (bicyclic) bond motifs is 3. The predicted octanol–water partition coefficient (Wildman–Crippen LogP) is 1.55. The fourth-order valence-corrected chi connectivity index (χ4v) is 5.31. The van der Waals surface area contributed by atoms with Gasteiger partial charge in [0, 0.05) is 0 Å². The topological polar surface area (TPSA) is 60.7 Å². The summed E-state index contributed by atoms with van der Waals surface area (Å²) in [7, 11) is 0. The van der Waals surface area contributed by atoms with E-state index in [9.17, 15) is 15.3 Å². The molecule has 0 aromatic rings. The van der Waals surface area contributed by atoms with Gasteiger partial charge in [-0.3, -0.25) is 0 Å². The second kappa shape index (κ2) is 3.50. The Balaban J connectivity index is 1.99. The van der Waals surface area contributed by atoms with E-state index in [0.717, 1.165) is 19.3 Å². The molecule has 104 valence electrons. The highest BCUT2D eigenvalue weighted by molar-refractivity contribution is 5.18. The highest BCUT2D eigenvalue weighted by atomic mass is 16.3. The first-order chi connectivity index (χ1) is 8.24. The van der Waals surface area contributed by atoms with Gasteiger partial charge in [0.25, 0.3) is 0 Å². The lowest BCUT2D eigenvalue weighted by molar-refractivity contribution is -0.101. The van der Waals surface area contributed by atoms with Crippen molar-refractivity contribution in [3.05, 3.63) is 0 Å². The lowest BCUT2D eigenvalue weighted by Gasteiger charge is -2.39. The zero-order valence-electron chi connectivity index (χ0n) is 11.7. The van der Waals surface area contributed by atoms with Crippen molar-refractivity contribution < 1.29 is 15.3 Å². The Labute approximate surface area is 109 Å². The Kier molecular flexibility index (Phi) is 2.51. The van der Waals surface area contributed by atoms with E-state index in [0.29, 0.717) is 23.7 Å². The molecule has 3 saturated carbocycles. The monoisotopic (exact) mass is 254 g/mol. The van der Waals surface area contributed by atoms with Crippen LogP contribution in [0, 0.1) is 29.1 Å². The normalized spacial score (nSPS) is 57.7. The minimum absolute atomic E-state index is 0.0641. The van der Waals surface area contributed by atoms with Crippen molar-refractivity contribution in [2.75, 3.05) is 6.61 Å². The van der Waals surface area contributed by atoms with Gasteiger partial charge in [0.2, 0.25) is 0 Å². The summed E-state index contributed by atoms with van der Waals surface area (Å²) in [6.07, 6.45) is 3.26. The van der Waals surface area contributed by atoms with Crippen molar-refractivity contribution in [1.29, 1.82) is 0 Å². The third-order valence-corrected chi connectivity index (χ3v) is 6.49. The van der Waals surface area contributed by atoms with E-state index >= 15 is 0 Å². The van der Waals surface area contributed by atoms with Crippen molar-refractivity contribution in [3.8, 4) is 0 Å². The first-order valence-electron chi connectivity index (χ1n) is 7.30. The van der Waals surface area contributed by atoms with E-state index < -0.39 is 11.2 Å². The number of aliphatic hydroxyl groups excluding tert-OH is 1. The van der Waals surface area contributed by atoms with Crippen molar-refractivity contribution in [2.45, 2.75) is 57.7 Å². The summed E-state index contributed by atoms with van der Waals surface area (Å²) < 4.78 is 0. The molecule has 6 atom stereocenters. The van der Waals surface area contributed by atoms with Gasteiger partial charge in [-0.2, -0.15) is 0 Å². The van der Waals surface area contributed by atoms with Crippen LogP contribution in [0.15, 0.2) is 0 Å². The van der Waals surface area contributed by atoms with Crippen LogP contribution in [-0.4, -0.2) is 33.1 Å². The third-order valence-electron chi connectivity index (χ3n) is 6.49. The number of hydrogen-bond acceptors (Lipinski definition) is 3. The van der Waals surface area contributed by atoms with Crippen molar-refractivity contribution in [1.82, 2.24) is 0 Å². The molecule has 0 spiro atoms. The second-order valence-electron chi connectivity index (χ2n) is 7.78. The quantitative estimate of drug-likeness (QED) is 0.665. The number of hydrogen-bond donors (Lipinski definition) is 3. The van der Waals surface area contributed by atoms with Gasteiger partial charge in [-0.05, 0) is 61.7 Å². The zero-order chi connectivity index (χ0) is 13.3.